The van der Waals surface area contributed by atoms with Gasteiger partial charge in [-0.05, 0) is 31.5 Å². The normalized spacial score (nSPS) is 11.4. The average molecular weight is 592 g/mol. The van der Waals surface area contributed by atoms with Gasteiger partial charge in [0.05, 0.1) is 22.6 Å². The quantitative estimate of drug-likeness (QED) is 0.164. The highest BCUT2D eigenvalue weighted by atomic mass is 32.2. The van der Waals surface area contributed by atoms with Crippen LogP contribution in [-0.4, -0.2) is 53.0 Å². The van der Waals surface area contributed by atoms with Gasteiger partial charge in [0, 0.05) is 44.8 Å². The first-order valence-electron chi connectivity index (χ1n) is 12.4. The number of nitrogens with one attached hydrogen (secondary N) is 1. The molecule has 0 saturated heterocycles. The first-order valence-corrected chi connectivity index (χ1v) is 14.9. The summed E-state index contributed by atoms with van der Waals surface area (Å²) in [6.45, 7) is 6.17. The maximum atomic E-state index is 12.0. The highest BCUT2D eigenvalue weighted by Crippen LogP contribution is 2.40. The molecule has 41 heavy (non-hydrogen) atoms. The van der Waals surface area contributed by atoms with Gasteiger partial charge in [0.25, 0.3) is 0 Å². The first-order chi connectivity index (χ1) is 19.7. The maximum absolute atomic E-state index is 12.0. The second-order valence-corrected chi connectivity index (χ2v) is 11.7. The molecule has 0 amide bonds. The van der Waals surface area contributed by atoms with Gasteiger partial charge in [0.15, 0.2) is 20.7 Å². The van der Waals surface area contributed by atoms with E-state index in [1.165, 1.54) is 0 Å². The number of methoxy groups -OCH3 is 1. The molecule has 0 spiro atoms. The van der Waals surface area contributed by atoms with Crippen molar-refractivity contribution in [2.75, 3.05) is 49.8 Å². The third kappa shape index (κ3) is 8.49. The molecule has 0 unspecified atom stereocenters. The van der Waals surface area contributed by atoms with Gasteiger partial charge in [0.1, 0.15) is 28.6 Å². The first kappa shape index (κ1) is 31.0. The molecule has 14 heteroatoms. The minimum atomic E-state index is -3.45. The zero-order chi connectivity index (χ0) is 29.8. The van der Waals surface area contributed by atoms with Crippen molar-refractivity contribution in [3.05, 3.63) is 65.1 Å². The summed E-state index contributed by atoms with van der Waals surface area (Å²) in [4.78, 5) is 6.24. The van der Waals surface area contributed by atoms with Crippen molar-refractivity contribution in [2.24, 2.45) is 20.5 Å². The van der Waals surface area contributed by atoms with Crippen LogP contribution < -0.4 is 10.2 Å². The predicted octanol–water partition coefficient (Wildman–Crippen LogP) is 6.47. The Bertz CT molecular complexity index is 1620. The monoisotopic (exact) mass is 591 g/mol. The van der Waals surface area contributed by atoms with Crippen molar-refractivity contribution in [1.82, 2.24) is 4.98 Å². The fourth-order valence-corrected chi connectivity index (χ4v) is 4.93. The number of ether oxygens (including phenoxy) is 1. The summed E-state index contributed by atoms with van der Waals surface area (Å²) < 4.78 is 29.0. The lowest BCUT2D eigenvalue weighted by atomic mass is 10.1. The standard InChI is InChI=1S/C27H29N9O3S2/c1-5-41(37,38)15-13-36(3)26-22(18-29)19(2)24(25(31-26)30-12-9-14-39-4)34-35-27-20(17-28)16-23(40-27)33-32-21-10-7-6-8-11-21/h5-8,10-11,16H,1,9,12-15H2,2-4H3,(H,30,31)/b33-32+,35-34+. The topological polar surface area (TPSA) is 169 Å². The molecule has 3 aromatic rings. The molecule has 0 radical (unpaired) electrons. The van der Waals surface area contributed by atoms with Gasteiger partial charge in [-0.1, -0.05) is 36.1 Å². The summed E-state index contributed by atoms with van der Waals surface area (Å²) in [5.41, 5.74) is 1.99. The van der Waals surface area contributed by atoms with Crippen molar-refractivity contribution >= 4 is 54.2 Å². The Labute approximate surface area is 243 Å². The van der Waals surface area contributed by atoms with Crippen LogP contribution in [0.25, 0.3) is 0 Å². The van der Waals surface area contributed by atoms with Crippen molar-refractivity contribution in [3.63, 3.8) is 0 Å². The number of rotatable bonds is 14. The molecule has 0 aliphatic heterocycles. The molecule has 3 rings (SSSR count). The molecule has 0 aliphatic carbocycles. The molecule has 0 saturated carbocycles. The lowest BCUT2D eigenvalue weighted by Crippen LogP contribution is -2.26. The van der Waals surface area contributed by atoms with E-state index in [2.05, 4.69) is 49.5 Å². The zero-order valence-electron chi connectivity index (χ0n) is 22.9. The van der Waals surface area contributed by atoms with E-state index in [1.807, 2.05) is 30.3 Å². The lowest BCUT2D eigenvalue weighted by molar-refractivity contribution is 0.198. The minimum absolute atomic E-state index is 0.0977. The number of hydrogen-bond donors (Lipinski definition) is 1. The second kappa shape index (κ2) is 14.8. The van der Waals surface area contributed by atoms with Crippen molar-refractivity contribution in [2.45, 2.75) is 13.3 Å². The summed E-state index contributed by atoms with van der Waals surface area (Å²) in [6.07, 6.45) is 0.676. The summed E-state index contributed by atoms with van der Waals surface area (Å²) in [5.74, 6) is 0.472. The number of benzene rings is 1. The Morgan fingerprint density at radius 1 is 1.17 bits per heavy atom. The van der Waals surface area contributed by atoms with Crippen LogP contribution in [0.3, 0.4) is 0 Å². The van der Waals surface area contributed by atoms with Gasteiger partial charge in [-0.3, -0.25) is 0 Å². The van der Waals surface area contributed by atoms with E-state index in [0.717, 1.165) is 16.7 Å². The summed E-state index contributed by atoms with van der Waals surface area (Å²) in [7, 11) is -0.179. The molecular weight excluding hydrogens is 562 g/mol. The summed E-state index contributed by atoms with van der Waals surface area (Å²) >= 11 is 1.15. The second-order valence-electron chi connectivity index (χ2n) is 8.62. The van der Waals surface area contributed by atoms with Gasteiger partial charge in [0.2, 0.25) is 0 Å². The highest BCUT2D eigenvalue weighted by molar-refractivity contribution is 7.94. The van der Waals surface area contributed by atoms with Crippen LogP contribution >= 0.6 is 11.3 Å². The lowest BCUT2D eigenvalue weighted by Gasteiger charge is -2.22. The maximum Gasteiger partial charge on any atom is 0.172 e. The fraction of sp³-hybridized carbons (Fsp3) is 0.296. The Balaban J connectivity index is 2.00. The number of nitrogens with zero attached hydrogens (tertiary/aromatic N) is 8. The summed E-state index contributed by atoms with van der Waals surface area (Å²) in [5, 5.41) is 41.7. The van der Waals surface area contributed by atoms with Gasteiger partial charge < -0.3 is 15.0 Å². The average Bonchev–Trinajstić information content (AvgIpc) is 3.39. The van der Waals surface area contributed by atoms with Crippen molar-refractivity contribution < 1.29 is 13.2 Å². The number of sulfone groups is 1. The van der Waals surface area contributed by atoms with E-state index >= 15 is 0 Å². The molecular formula is C27H29N9O3S2. The molecule has 2 heterocycles. The van der Waals surface area contributed by atoms with Crippen LogP contribution in [0.5, 0.6) is 0 Å². The molecule has 0 bridgehead atoms. The Hall–Kier alpha value is -4.50. The van der Waals surface area contributed by atoms with Gasteiger partial charge >= 0.3 is 0 Å². The molecule has 0 fully saturated rings. The largest absolute Gasteiger partial charge is 0.385 e. The molecule has 1 N–H and O–H groups in total. The third-order valence-electron chi connectivity index (χ3n) is 5.73. The van der Waals surface area contributed by atoms with Crippen LogP contribution in [0, 0.1) is 29.6 Å². The number of aromatic nitrogens is 1. The van der Waals surface area contributed by atoms with Gasteiger partial charge in [-0.25, -0.2) is 13.4 Å². The highest BCUT2D eigenvalue weighted by Gasteiger charge is 2.21. The molecule has 1 aromatic carbocycles. The Kier molecular flexibility index (Phi) is 11.2. The SMILES string of the molecule is C=CS(=O)(=O)CCN(C)c1nc(NCCCOC)c(/N=N/c2sc(/N=N/c3ccccc3)cc2C#N)c(C)c1C#N. The van der Waals surface area contributed by atoms with Crippen molar-refractivity contribution in [1.29, 1.82) is 10.5 Å². The molecule has 0 atom stereocenters. The summed E-state index contributed by atoms with van der Waals surface area (Å²) in [6, 6.07) is 15.0. The number of thiophene rings is 1. The van der Waals surface area contributed by atoms with E-state index in [9.17, 15) is 18.9 Å². The molecule has 212 valence electrons. The molecule has 2 aromatic heterocycles. The van der Waals surface area contributed by atoms with E-state index in [4.69, 9.17) is 4.74 Å². The van der Waals surface area contributed by atoms with E-state index in [1.54, 1.807) is 32.0 Å². The number of azo groups is 2. The Morgan fingerprint density at radius 3 is 2.59 bits per heavy atom. The molecule has 0 aliphatic rings. The third-order valence-corrected chi connectivity index (χ3v) is 7.90. The zero-order valence-corrected chi connectivity index (χ0v) is 24.5. The van der Waals surface area contributed by atoms with Crippen LogP contribution in [-0.2, 0) is 14.6 Å². The van der Waals surface area contributed by atoms with Crippen LogP contribution in [0.2, 0.25) is 0 Å². The fourth-order valence-electron chi connectivity index (χ4n) is 3.48. The number of anilines is 2. The van der Waals surface area contributed by atoms with Crippen LogP contribution in [0.1, 0.15) is 23.1 Å². The minimum Gasteiger partial charge on any atom is -0.385 e. The number of hydrogen-bond acceptors (Lipinski definition) is 13. The van der Waals surface area contributed by atoms with Gasteiger partial charge in [-0.15, -0.1) is 20.5 Å². The van der Waals surface area contributed by atoms with Crippen LogP contribution in [0.4, 0.5) is 33.0 Å². The van der Waals surface area contributed by atoms with Crippen LogP contribution in [0.15, 0.2) is 68.8 Å². The smallest absolute Gasteiger partial charge is 0.172 e. The van der Waals surface area contributed by atoms with E-state index in [-0.39, 0.29) is 23.4 Å². The van der Waals surface area contributed by atoms with Gasteiger partial charge in [-0.2, -0.15) is 10.5 Å². The predicted molar refractivity (Wildman–Crippen MR) is 160 cm³/mol. The molecule has 12 nitrogen and oxygen atoms in total. The van der Waals surface area contributed by atoms with E-state index < -0.39 is 9.84 Å². The van der Waals surface area contributed by atoms with E-state index in [0.29, 0.717) is 58.1 Å². The number of nitriles is 2. The number of pyridine rings is 1. The van der Waals surface area contributed by atoms with Crippen molar-refractivity contribution in [3.8, 4) is 12.1 Å². The Morgan fingerprint density at radius 2 is 1.93 bits per heavy atom.